The molecule has 0 aromatic carbocycles. The molecule has 0 fully saturated rings. The van der Waals surface area contributed by atoms with Crippen LogP contribution in [0, 0.1) is 5.92 Å². The molecule has 0 aliphatic rings. The molecule has 0 aliphatic heterocycles. The molecule has 0 bridgehead atoms. The molecule has 0 heterocycles. The minimum absolute atomic E-state index is 0.0454. The van der Waals surface area contributed by atoms with Crippen LogP contribution in [0.3, 0.4) is 0 Å². The number of aliphatic carboxylic acids is 1. The minimum Gasteiger partial charge on any atom is -0.478 e. The fraction of sp³-hybridized carbons (Fsp3) is 0.750. The Balaban J connectivity index is 4.54. The molecule has 0 aliphatic carbocycles. The molecular weight excluding hydrogens is 208 g/mol. The lowest BCUT2D eigenvalue weighted by atomic mass is 9.97. The van der Waals surface area contributed by atoms with Crippen molar-refractivity contribution in [1.29, 1.82) is 0 Å². The Hall–Kier alpha value is -0.870. The number of rotatable bonds is 8. The van der Waals surface area contributed by atoms with Gasteiger partial charge in [-0.15, -0.1) is 0 Å². The van der Waals surface area contributed by atoms with Crippen LogP contribution in [-0.4, -0.2) is 36.5 Å². The van der Waals surface area contributed by atoms with Crippen molar-refractivity contribution in [3.63, 3.8) is 0 Å². The molecule has 0 saturated carbocycles. The number of carboxylic acid groups (broad SMARTS) is 1. The fourth-order valence-electron chi connectivity index (χ4n) is 1.64. The van der Waals surface area contributed by atoms with Crippen molar-refractivity contribution in [3.8, 4) is 0 Å². The van der Waals surface area contributed by atoms with E-state index in [4.69, 9.17) is 14.6 Å². The molecule has 0 amide bonds. The predicted molar refractivity (Wildman–Crippen MR) is 62.4 cm³/mol. The van der Waals surface area contributed by atoms with Crippen LogP contribution in [0.1, 0.15) is 27.7 Å². The second-order valence-corrected chi connectivity index (χ2v) is 3.60. The summed E-state index contributed by atoms with van der Waals surface area (Å²) in [6, 6.07) is 0. The van der Waals surface area contributed by atoms with Gasteiger partial charge < -0.3 is 14.6 Å². The van der Waals surface area contributed by atoms with Crippen molar-refractivity contribution >= 4 is 5.97 Å². The molecule has 4 nitrogen and oxygen atoms in total. The number of ether oxygens (including phenoxy) is 2. The number of hydrogen-bond acceptors (Lipinski definition) is 3. The van der Waals surface area contributed by atoms with Crippen LogP contribution in [0.25, 0.3) is 0 Å². The average molecular weight is 230 g/mol. The van der Waals surface area contributed by atoms with Gasteiger partial charge in [-0.2, -0.15) is 0 Å². The maximum absolute atomic E-state index is 10.5. The van der Waals surface area contributed by atoms with Gasteiger partial charge >= 0.3 is 5.97 Å². The molecule has 0 saturated heterocycles. The Morgan fingerprint density at radius 2 is 1.62 bits per heavy atom. The smallest absolute Gasteiger partial charge is 0.327 e. The maximum Gasteiger partial charge on any atom is 0.327 e. The molecule has 0 radical (unpaired) electrons. The Bertz CT molecular complexity index is 213. The van der Waals surface area contributed by atoms with E-state index in [1.807, 2.05) is 27.7 Å². The van der Waals surface area contributed by atoms with E-state index < -0.39 is 5.97 Å². The topological polar surface area (TPSA) is 55.8 Å². The van der Waals surface area contributed by atoms with Gasteiger partial charge in [0.05, 0.1) is 12.2 Å². The van der Waals surface area contributed by atoms with Gasteiger partial charge in [0.2, 0.25) is 0 Å². The Labute approximate surface area is 97.2 Å². The Kier molecular flexibility index (Phi) is 7.85. The van der Waals surface area contributed by atoms with Crippen LogP contribution in [0.15, 0.2) is 12.2 Å². The highest BCUT2D eigenvalue weighted by molar-refractivity contribution is 5.79. The van der Waals surface area contributed by atoms with Gasteiger partial charge in [-0.25, -0.2) is 4.79 Å². The lowest BCUT2D eigenvalue weighted by Crippen LogP contribution is -2.30. The monoisotopic (exact) mass is 230 g/mol. The van der Waals surface area contributed by atoms with Crippen LogP contribution in [0.2, 0.25) is 0 Å². The van der Waals surface area contributed by atoms with Crippen molar-refractivity contribution in [2.75, 3.05) is 13.2 Å². The highest BCUT2D eigenvalue weighted by Gasteiger charge is 2.22. The van der Waals surface area contributed by atoms with Crippen LogP contribution in [0.4, 0.5) is 0 Å². The van der Waals surface area contributed by atoms with Gasteiger partial charge in [0, 0.05) is 25.2 Å². The minimum atomic E-state index is -0.947. The van der Waals surface area contributed by atoms with E-state index in [-0.39, 0.29) is 18.1 Å². The van der Waals surface area contributed by atoms with E-state index in [9.17, 15) is 4.79 Å². The molecule has 16 heavy (non-hydrogen) atoms. The third-order valence-corrected chi connectivity index (χ3v) is 2.40. The third kappa shape index (κ3) is 5.88. The molecule has 0 rings (SSSR count). The summed E-state index contributed by atoms with van der Waals surface area (Å²) >= 11 is 0. The van der Waals surface area contributed by atoms with Gasteiger partial charge in [-0.1, -0.05) is 6.08 Å². The van der Waals surface area contributed by atoms with E-state index in [1.54, 1.807) is 6.08 Å². The molecule has 0 aromatic heterocycles. The molecule has 2 unspecified atom stereocenters. The fourth-order valence-corrected chi connectivity index (χ4v) is 1.64. The van der Waals surface area contributed by atoms with Crippen LogP contribution in [-0.2, 0) is 14.3 Å². The van der Waals surface area contributed by atoms with E-state index in [0.717, 1.165) is 6.08 Å². The summed E-state index contributed by atoms with van der Waals surface area (Å²) in [5.41, 5.74) is 0. The van der Waals surface area contributed by atoms with Gasteiger partial charge in [0.1, 0.15) is 0 Å². The zero-order valence-corrected chi connectivity index (χ0v) is 10.5. The molecule has 2 atom stereocenters. The Morgan fingerprint density at radius 3 is 1.94 bits per heavy atom. The zero-order chi connectivity index (χ0) is 12.6. The van der Waals surface area contributed by atoms with Crippen LogP contribution < -0.4 is 0 Å². The van der Waals surface area contributed by atoms with Gasteiger partial charge in [-0.3, -0.25) is 0 Å². The normalized spacial score (nSPS) is 17.2. The maximum atomic E-state index is 10.5. The lowest BCUT2D eigenvalue weighted by molar-refractivity contribution is -0.131. The average Bonchev–Trinajstić information content (AvgIpc) is 2.18. The first-order valence-electron chi connectivity index (χ1n) is 5.67. The molecule has 0 aromatic rings. The number of carboxylic acids is 1. The van der Waals surface area contributed by atoms with Gasteiger partial charge in [-0.05, 0) is 27.7 Å². The molecule has 1 N–H and O–H groups in total. The highest BCUT2D eigenvalue weighted by Crippen LogP contribution is 2.17. The molecule has 4 heteroatoms. The number of hydrogen-bond donors (Lipinski definition) is 1. The number of carbonyl (C=O) groups is 1. The van der Waals surface area contributed by atoms with Crippen LogP contribution in [0.5, 0.6) is 0 Å². The zero-order valence-electron chi connectivity index (χ0n) is 10.5. The standard InChI is InChI=1S/C12H22O4/c1-5-15-9(3)11(7-8-12(13)14)10(4)16-6-2/h7-11H,5-6H2,1-4H3,(H,13,14)/b8-7+. The quantitative estimate of drug-likeness (QED) is 0.649. The summed E-state index contributed by atoms with van der Waals surface area (Å²) in [5, 5.41) is 8.62. The summed E-state index contributed by atoms with van der Waals surface area (Å²) in [7, 11) is 0. The second-order valence-electron chi connectivity index (χ2n) is 3.60. The van der Waals surface area contributed by atoms with Gasteiger partial charge in [0.25, 0.3) is 0 Å². The highest BCUT2D eigenvalue weighted by atomic mass is 16.5. The molecule has 0 spiro atoms. The lowest BCUT2D eigenvalue weighted by Gasteiger charge is -2.26. The van der Waals surface area contributed by atoms with Crippen molar-refractivity contribution in [2.24, 2.45) is 5.92 Å². The SMILES string of the molecule is CCOC(C)C(/C=C/C(=O)O)C(C)OCC. The van der Waals surface area contributed by atoms with E-state index in [2.05, 4.69) is 0 Å². The summed E-state index contributed by atoms with van der Waals surface area (Å²) in [6.07, 6.45) is 2.68. The van der Waals surface area contributed by atoms with Crippen molar-refractivity contribution in [2.45, 2.75) is 39.9 Å². The summed E-state index contributed by atoms with van der Waals surface area (Å²) in [6.45, 7) is 8.90. The van der Waals surface area contributed by atoms with Crippen molar-refractivity contribution in [3.05, 3.63) is 12.2 Å². The van der Waals surface area contributed by atoms with Crippen molar-refractivity contribution < 1.29 is 19.4 Å². The van der Waals surface area contributed by atoms with E-state index >= 15 is 0 Å². The second kappa shape index (κ2) is 8.30. The largest absolute Gasteiger partial charge is 0.478 e. The third-order valence-electron chi connectivity index (χ3n) is 2.40. The van der Waals surface area contributed by atoms with E-state index in [0.29, 0.717) is 13.2 Å². The first-order chi connectivity index (χ1) is 7.52. The summed E-state index contributed by atoms with van der Waals surface area (Å²) in [4.78, 5) is 10.5. The molecule has 94 valence electrons. The van der Waals surface area contributed by atoms with Gasteiger partial charge in [0.15, 0.2) is 0 Å². The molecular formula is C12H22O4. The first-order valence-corrected chi connectivity index (χ1v) is 5.67. The predicted octanol–water partition coefficient (Wildman–Crippen LogP) is 2.09. The summed E-state index contributed by atoms with van der Waals surface area (Å²) in [5.74, 6) is -0.992. The summed E-state index contributed by atoms with van der Waals surface area (Å²) < 4.78 is 11.0. The van der Waals surface area contributed by atoms with E-state index in [1.165, 1.54) is 0 Å². The van der Waals surface area contributed by atoms with Crippen LogP contribution >= 0.6 is 0 Å². The first kappa shape index (κ1) is 15.1. The Morgan fingerprint density at radius 1 is 1.19 bits per heavy atom. The van der Waals surface area contributed by atoms with Crippen molar-refractivity contribution in [1.82, 2.24) is 0 Å².